The molecule has 1 unspecified atom stereocenters. The van der Waals surface area contributed by atoms with Crippen LogP contribution in [0.25, 0.3) is 10.6 Å². The van der Waals surface area contributed by atoms with Gasteiger partial charge in [-0.25, -0.2) is 4.98 Å². The molecule has 2 N–H and O–H groups in total. The average molecular weight is 424 g/mol. The van der Waals surface area contributed by atoms with Gasteiger partial charge in [0.25, 0.3) is 0 Å². The van der Waals surface area contributed by atoms with Gasteiger partial charge in [0.15, 0.2) is 5.96 Å². The highest BCUT2D eigenvalue weighted by atomic mass is 32.1. The van der Waals surface area contributed by atoms with E-state index in [2.05, 4.69) is 44.1 Å². The number of rotatable bonds is 7. The maximum atomic E-state index is 5.74. The molecule has 1 atom stereocenters. The van der Waals surface area contributed by atoms with Crippen LogP contribution in [-0.4, -0.2) is 42.5 Å². The number of nitrogens with one attached hydrogen (secondary N) is 2. The van der Waals surface area contributed by atoms with Gasteiger partial charge in [-0.1, -0.05) is 36.8 Å². The fourth-order valence-electron chi connectivity index (χ4n) is 3.81. The zero-order valence-corrected chi connectivity index (χ0v) is 18.2. The van der Waals surface area contributed by atoms with Crippen molar-refractivity contribution in [1.82, 2.24) is 20.5 Å². The van der Waals surface area contributed by atoms with Gasteiger partial charge in [-0.3, -0.25) is 9.89 Å². The molecular weight excluding hydrogens is 394 g/mol. The number of guanidine groups is 1. The average Bonchev–Trinajstić information content (AvgIpc) is 3.50. The smallest absolute Gasteiger partial charge is 0.191 e. The molecule has 3 heterocycles. The molecule has 2 aromatic heterocycles. The molecule has 0 radical (unpaired) electrons. The first-order chi connectivity index (χ1) is 14.8. The number of hydrogen-bond acceptors (Lipinski definition) is 5. The summed E-state index contributed by atoms with van der Waals surface area (Å²) in [5, 5.41) is 10.0. The zero-order valence-electron chi connectivity index (χ0n) is 17.4. The van der Waals surface area contributed by atoms with Gasteiger partial charge in [0.2, 0.25) is 0 Å². The van der Waals surface area contributed by atoms with Gasteiger partial charge in [0.1, 0.15) is 10.8 Å². The van der Waals surface area contributed by atoms with Crippen molar-refractivity contribution in [3.63, 3.8) is 0 Å². The van der Waals surface area contributed by atoms with E-state index in [1.807, 2.05) is 24.3 Å². The first-order valence-corrected chi connectivity index (χ1v) is 11.4. The second-order valence-corrected chi connectivity index (χ2v) is 8.30. The molecule has 4 rings (SSSR count). The van der Waals surface area contributed by atoms with E-state index in [1.54, 1.807) is 24.6 Å². The lowest BCUT2D eigenvalue weighted by molar-refractivity contribution is 0.146. The molecule has 0 aliphatic carbocycles. The van der Waals surface area contributed by atoms with Gasteiger partial charge in [-0.2, -0.15) is 0 Å². The van der Waals surface area contributed by atoms with Crippen LogP contribution in [0.1, 0.15) is 36.8 Å². The third kappa shape index (κ3) is 5.29. The second-order valence-electron chi connectivity index (χ2n) is 7.44. The van der Waals surface area contributed by atoms with Crippen molar-refractivity contribution in [2.75, 3.05) is 26.7 Å². The molecular formula is C23H29N5OS. The quantitative estimate of drug-likeness (QED) is 0.438. The number of thiazole rings is 1. The van der Waals surface area contributed by atoms with E-state index in [-0.39, 0.29) is 6.04 Å². The van der Waals surface area contributed by atoms with Crippen LogP contribution in [0.15, 0.2) is 63.5 Å². The van der Waals surface area contributed by atoms with Crippen molar-refractivity contribution >= 4 is 17.3 Å². The molecule has 0 amide bonds. The predicted molar refractivity (Wildman–Crippen MR) is 123 cm³/mol. The summed E-state index contributed by atoms with van der Waals surface area (Å²) >= 11 is 1.67. The Morgan fingerprint density at radius 3 is 2.70 bits per heavy atom. The minimum absolute atomic E-state index is 0.211. The maximum absolute atomic E-state index is 5.74. The van der Waals surface area contributed by atoms with Crippen LogP contribution < -0.4 is 10.6 Å². The Morgan fingerprint density at radius 2 is 1.97 bits per heavy atom. The fraction of sp³-hybridized carbons (Fsp3) is 0.391. The number of hydrogen-bond donors (Lipinski definition) is 2. The minimum Gasteiger partial charge on any atom is -0.468 e. The molecule has 1 saturated heterocycles. The standard InChI is InChI=1S/C23H29N5OS/c1-24-23(25-15-19-17-30-22(27-19)18-9-4-2-5-10-18)26-16-20(21-11-8-14-29-21)28-12-6-3-7-13-28/h2,4-5,8-11,14,17,20H,3,6-7,12-13,15-16H2,1H3,(H2,24,25,26). The van der Waals surface area contributed by atoms with Crippen LogP contribution in [0.4, 0.5) is 0 Å². The fourth-order valence-corrected chi connectivity index (χ4v) is 4.64. The van der Waals surface area contributed by atoms with Gasteiger partial charge >= 0.3 is 0 Å². The highest BCUT2D eigenvalue weighted by molar-refractivity contribution is 7.13. The van der Waals surface area contributed by atoms with E-state index in [1.165, 1.54) is 19.3 Å². The Bertz CT molecular complexity index is 916. The topological polar surface area (TPSA) is 65.7 Å². The third-order valence-corrected chi connectivity index (χ3v) is 6.34. The molecule has 0 saturated carbocycles. The van der Waals surface area contributed by atoms with E-state index in [9.17, 15) is 0 Å². The highest BCUT2D eigenvalue weighted by Gasteiger charge is 2.24. The summed E-state index contributed by atoms with van der Waals surface area (Å²) in [6.07, 6.45) is 5.57. The number of likely N-dealkylation sites (tertiary alicyclic amines) is 1. The molecule has 1 aliphatic rings. The Labute approximate surface area is 182 Å². The number of aliphatic imine (C=N–C) groups is 1. The normalized spacial score (nSPS) is 16.4. The first kappa shape index (κ1) is 20.6. The van der Waals surface area contributed by atoms with Crippen LogP contribution >= 0.6 is 11.3 Å². The van der Waals surface area contributed by atoms with Crippen LogP contribution in [0.3, 0.4) is 0 Å². The predicted octanol–water partition coefficient (Wildman–Crippen LogP) is 4.30. The van der Waals surface area contributed by atoms with Crippen LogP contribution in [0, 0.1) is 0 Å². The van der Waals surface area contributed by atoms with Crippen molar-refractivity contribution in [2.45, 2.75) is 31.8 Å². The molecule has 1 aromatic carbocycles. The van der Waals surface area contributed by atoms with E-state index < -0.39 is 0 Å². The Balaban J connectivity index is 1.33. The molecule has 6 nitrogen and oxygen atoms in total. The molecule has 0 bridgehead atoms. The van der Waals surface area contributed by atoms with Crippen molar-refractivity contribution in [3.8, 4) is 10.6 Å². The molecule has 30 heavy (non-hydrogen) atoms. The Kier molecular flexibility index (Phi) is 7.16. The second kappa shape index (κ2) is 10.4. The summed E-state index contributed by atoms with van der Waals surface area (Å²) in [5.41, 5.74) is 2.17. The summed E-state index contributed by atoms with van der Waals surface area (Å²) in [5.74, 6) is 1.78. The van der Waals surface area contributed by atoms with Gasteiger partial charge in [0.05, 0.1) is 24.5 Å². The van der Waals surface area contributed by atoms with Crippen molar-refractivity contribution < 1.29 is 4.42 Å². The summed E-state index contributed by atoms with van der Waals surface area (Å²) in [6.45, 7) is 3.61. The van der Waals surface area contributed by atoms with Crippen LogP contribution in [-0.2, 0) is 6.54 Å². The monoisotopic (exact) mass is 423 g/mol. The molecule has 7 heteroatoms. The lowest BCUT2D eigenvalue weighted by atomic mass is 10.1. The molecule has 1 fully saturated rings. The van der Waals surface area contributed by atoms with Gasteiger partial charge in [0, 0.05) is 24.5 Å². The minimum atomic E-state index is 0.211. The number of benzene rings is 1. The lowest BCUT2D eigenvalue weighted by Gasteiger charge is -2.33. The number of nitrogens with zero attached hydrogens (tertiary/aromatic N) is 3. The summed E-state index contributed by atoms with van der Waals surface area (Å²) in [4.78, 5) is 11.6. The van der Waals surface area contributed by atoms with E-state index in [0.29, 0.717) is 6.54 Å². The largest absolute Gasteiger partial charge is 0.468 e. The van der Waals surface area contributed by atoms with Gasteiger partial charge in [-0.15, -0.1) is 11.3 Å². The van der Waals surface area contributed by atoms with Gasteiger partial charge < -0.3 is 15.1 Å². The summed E-state index contributed by atoms with van der Waals surface area (Å²) < 4.78 is 5.74. The van der Waals surface area contributed by atoms with Gasteiger partial charge in [-0.05, 0) is 38.1 Å². The third-order valence-electron chi connectivity index (χ3n) is 5.40. The first-order valence-electron chi connectivity index (χ1n) is 10.6. The van der Waals surface area contributed by atoms with Crippen LogP contribution in [0.2, 0.25) is 0 Å². The summed E-state index contributed by atoms with van der Waals surface area (Å²) in [7, 11) is 1.80. The lowest BCUT2D eigenvalue weighted by Crippen LogP contribution is -2.44. The van der Waals surface area contributed by atoms with E-state index in [4.69, 9.17) is 9.40 Å². The maximum Gasteiger partial charge on any atom is 0.191 e. The number of aromatic nitrogens is 1. The highest BCUT2D eigenvalue weighted by Crippen LogP contribution is 2.25. The van der Waals surface area contributed by atoms with Crippen molar-refractivity contribution in [1.29, 1.82) is 0 Å². The summed E-state index contributed by atoms with van der Waals surface area (Å²) in [6, 6.07) is 14.5. The van der Waals surface area contributed by atoms with Crippen LogP contribution in [0.5, 0.6) is 0 Å². The number of furan rings is 1. The molecule has 158 valence electrons. The van der Waals surface area contributed by atoms with Crippen molar-refractivity contribution in [3.05, 3.63) is 65.6 Å². The molecule has 0 spiro atoms. The van der Waals surface area contributed by atoms with E-state index >= 15 is 0 Å². The Morgan fingerprint density at radius 1 is 1.13 bits per heavy atom. The zero-order chi connectivity index (χ0) is 20.6. The number of piperidine rings is 1. The van der Waals surface area contributed by atoms with Crippen molar-refractivity contribution in [2.24, 2.45) is 4.99 Å². The van der Waals surface area contributed by atoms with E-state index in [0.717, 1.165) is 47.6 Å². The molecule has 1 aliphatic heterocycles. The SMILES string of the molecule is CN=C(NCc1csc(-c2ccccc2)n1)NCC(c1ccco1)N1CCCCC1. The molecule has 3 aromatic rings. The Hall–Kier alpha value is -2.64.